The lowest BCUT2D eigenvalue weighted by molar-refractivity contribution is -0.120. The van der Waals surface area contributed by atoms with Crippen LogP contribution in [0.15, 0.2) is 17.4 Å². The molecule has 3 heterocycles. The fraction of sp³-hybridized carbons (Fsp3) is 0.737. The summed E-state index contributed by atoms with van der Waals surface area (Å²) in [6, 6.07) is 0. The number of anilines is 1. The number of hydrogen-bond acceptors (Lipinski definition) is 5. The number of piperidine rings is 1. The van der Waals surface area contributed by atoms with Crippen molar-refractivity contribution in [2.75, 3.05) is 71.5 Å². The van der Waals surface area contributed by atoms with E-state index in [4.69, 9.17) is 4.74 Å². The Bertz CT molecular complexity index is 667. The highest BCUT2D eigenvalue weighted by Gasteiger charge is 2.28. The highest BCUT2D eigenvalue weighted by Crippen LogP contribution is 2.18. The van der Waals surface area contributed by atoms with Gasteiger partial charge in [0.1, 0.15) is 6.54 Å². The molecule has 2 fully saturated rings. The van der Waals surface area contributed by atoms with Gasteiger partial charge in [0.15, 0.2) is 5.96 Å². The van der Waals surface area contributed by atoms with Gasteiger partial charge in [0.25, 0.3) is 0 Å². The van der Waals surface area contributed by atoms with Crippen LogP contribution in [0.4, 0.5) is 5.69 Å². The second-order valence-electron chi connectivity index (χ2n) is 7.55. The largest absolute Gasteiger partial charge is 0.383 e. The van der Waals surface area contributed by atoms with Gasteiger partial charge in [-0.2, -0.15) is 5.10 Å². The van der Waals surface area contributed by atoms with E-state index in [1.807, 2.05) is 18.1 Å². The molecule has 0 aliphatic carbocycles. The maximum Gasteiger partial charge on any atom is 0.246 e. The monoisotopic (exact) mass is 391 g/mol. The first-order valence-corrected chi connectivity index (χ1v) is 10.1. The van der Waals surface area contributed by atoms with Crippen LogP contribution in [0.5, 0.6) is 0 Å². The van der Waals surface area contributed by atoms with Crippen molar-refractivity contribution in [1.82, 2.24) is 24.9 Å². The van der Waals surface area contributed by atoms with Crippen LogP contribution in [0.1, 0.15) is 12.8 Å². The average molecular weight is 392 g/mol. The van der Waals surface area contributed by atoms with Crippen molar-refractivity contribution in [3.8, 4) is 0 Å². The van der Waals surface area contributed by atoms with Crippen LogP contribution in [0.3, 0.4) is 0 Å². The Morgan fingerprint density at radius 1 is 1.32 bits per heavy atom. The fourth-order valence-electron chi connectivity index (χ4n) is 3.88. The van der Waals surface area contributed by atoms with Gasteiger partial charge in [-0.3, -0.25) is 14.5 Å². The van der Waals surface area contributed by atoms with Gasteiger partial charge in [0, 0.05) is 53.6 Å². The van der Waals surface area contributed by atoms with Crippen LogP contribution in [0, 0.1) is 5.92 Å². The minimum Gasteiger partial charge on any atom is -0.383 e. The molecule has 9 nitrogen and oxygen atoms in total. The van der Waals surface area contributed by atoms with Crippen LogP contribution >= 0.6 is 0 Å². The lowest BCUT2D eigenvalue weighted by atomic mass is 9.97. The number of amides is 1. The molecule has 2 aliphatic rings. The molecule has 1 N–H and O–H groups in total. The van der Waals surface area contributed by atoms with Crippen molar-refractivity contribution < 1.29 is 9.53 Å². The molecular weight excluding hydrogens is 358 g/mol. The summed E-state index contributed by atoms with van der Waals surface area (Å²) in [7, 11) is 5.40. The summed E-state index contributed by atoms with van der Waals surface area (Å²) < 4.78 is 6.89. The van der Waals surface area contributed by atoms with Gasteiger partial charge in [0.05, 0.1) is 18.5 Å². The Hall–Kier alpha value is -2.13. The number of likely N-dealkylation sites (tertiary alicyclic amines) is 1. The van der Waals surface area contributed by atoms with Gasteiger partial charge in [0.2, 0.25) is 5.91 Å². The number of aromatic nitrogens is 2. The maximum absolute atomic E-state index is 12.6. The molecule has 1 aromatic heterocycles. The van der Waals surface area contributed by atoms with E-state index in [1.54, 1.807) is 29.9 Å². The third-order valence-corrected chi connectivity index (χ3v) is 5.60. The second-order valence-corrected chi connectivity index (χ2v) is 7.55. The molecule has 2 aliphatic heterocycles. The number of hydrogen-bond donors (Lipinski definition) is 1. The zero-order valence-electron chi connectivity index (χ0n) is 17.3. The molecule has 156 valence electrons. The minimum atomic E-state index is 0.0775. The highest BCUT2D eigenvalue weighted by atomic mass is 16.5. The molecule has 9 heteroatoms. The Morgan fingerprint density at radius 2 is 2.11 bits per heavy atom. The van der Waals surface area contributed by atoms with E-state index in [0.717, 1.165) is 51.0 Å². The van der Waals surface area contributed by atoms with Gasteiger partial charge in [-0.15, -0.1) is 0 Å². The van der Waals surface area contributed by atoms with Crippen LogP contribution < -0.4 is 10.2 Å². The fourth-order valence-corrected chi connectivity index (χ4v) is 3.88. The Labute approximate surface area is 167 Å². The molecule has 2 saturated heterocycles. The standard InChI is InChI=1S/C19H33N7O2/c1-20-19(21-12-16-4-6-24(7-5-16)10-11-28-3)25-8-9-26(18(27)15-25)17-13-22-23(2)14-17/h13-14,16H,4-12,15H2,1-3H3,(H,20,21). The number of aliphatic imine (C=N–C) groups is 1. The summed E-state index contributed by atoms with van der Waals surface area (Å²) in [4.78, 5) is 23.3. The second kappa shape index (κ2) is 9.88. The topological polar surface area (TPSA) is 78.2 Å². The first-order chi connectivity index (χ1) is 13.6. The summed E-state index contributed by atoms with van der Waals surface area (Å²) in [5.41, 5.74) is 0.857. The van der Waals surface area contributed by atoms with E-state index in [0.29, 0.717) is 19.0 Å². The number of carbonyl (C=O) groups excluding carboxylic acids is 1. The molecule has 0 atom stereocenters. The number of nitrogens with zero attached hydrogens (tertiary/aromatic N) is 6. The van der Waals surface area contributed by atoms with Crippen molar-refractivity contribution >= 4 is 17.6 Å². The molecule has 0 unspecified atom stereocenters. The third-order valence-electron chi connectivity index (χ3n) is 5.60. The zero-order chi connectivity index (χ0) is 19.9. The highest BCUT2D eigenvalue weighted by molar-refractivity contribution is 5.98. The summed E-state index contributed by atoms with van der Waals surface area (Å²) in [6.07, 6.45) is 5.97. The number of piperazine rings is 1. The van der Waals surface area contributed by atoms with Crippen LogP contribution in [-0.2, 0) is 16.6 Å². The number of ether oxygens (including phenoxy) is 1. The van der Waals surface area contributed by atoms with Crippen LogP contribution in [-0.4, -0.2) is 98.0 Å². The summed E-state index contributed by atoms with van der Waals surface area (Å²) in [5, 5.41) is 7.65. The van der Waals surface area contributed by atoms with Gasteiger partial charge in [-0.05, 0) is 31.8 Å². The van der Waals surface area contributed by atoms with Crippen molar-refractivity contribution in [3.05, 3.63) is 12.4 Å². The van der Waals surface area contributed by atoms with E-state index < -0.39 is 0 Å². The molecule has 0 saturated carbocycles. The molecule has 28 heavy (non-hydrogen) atoms. The molecular formula is C19H33N7O2. The number of methoxy groups -OCH3 is 1. The zero-order valence-corrected chi connectivity index (χ0v) is 17.3. The average Bonchev–Trinajstić information content (AvgIpc) is 3.14. The third kappa shape index (κ3) is 5.23. The molecule has 0 spiro atoms. The quantitative estimate of drug-likeness (QED) is 0.543. The van der Waals surface area contributed by atoms with E-state index in [2.05, 4.69) is 20.3 Å². The SMILES string of the molecule is CN=C(NCC1CCN(CCOC)CC1)N1CCN(c2cnn(C)c2)C(=O)C1. The van der Waals surface area contributed by atoms with Gasteiger partial charge in [-0.1, -0.05) is 0 Å². The predicted octanol–water partition coefficient (Wildman–Crippen LogP) is 0.00250. The Kier molecular flexibility index (Phi) is 7.27. The van der Waals surface area contributed by atoms with E-state index in [9.17, 15) is 4.79 Å². The number of carbonyl (C=O) groups is 1. The van der Waals surface area contributed by atoms with Gasteiger partial charge in [-0.25, -0.2) is 0 Å². The van der Waals surface area contributed by atoms with E-state index in [-0.39, 0.29) is 5.91 Å². The molecule has 3 rings (SSSR count). The smallest absolute Gasteiger partial charge is 0.246 e. The van der Waals surface area contributed by atoms with Crippen molar-refractivity contribution in [1.29, 1.82) is 0 Å². The van der Waals surface area contributed by atoms with Crippen LogP contribution in [0.2, 0.25) is 0 Å². The Balaban J connectivity index is 1.44. The summed E-state index contributed by atoms with van der Waals surface area (Å²) >= 11 is 0. The number of rotatable bonds is 6. The lowest BCUT2D eigenvalue weighted by Gasteiger charge is -2.36. The number of nitrogens with one attached hydrogen (secondary N) is 1. The molecule has 1 aromatic rings. The number of guanidine groups is 1. The lowest BCUT2D eigenvalue weighted by Crippen LogP contribution is -2.56. The maximum atomic E-state index is 12.6. The number of aryl methyl sites for hydroxylation is 1. The summed E-state index contributed by atoms with van der Waals surface area (Å²) in [6.45, 7) is 6.70. The molecule has 1 amide bonds. The predicted molar refractivity (Wildman–Crippen MR) is 110 cm³/mol. The van der Waals surface area contributed by atoms with E-state index in [1.165, 1.54) is 12.8 Å². The summed E-state index contributed by atoms with van der Waals surface area (Å²) in [5.74, 6) is 1.54. The minimum absolute atomic E-state index is 0.0775. The van der Waals surface area contributed by atoms with Crippen LogP contribution in [0.25, 0.3) is 0 Å². The first-order valence-electron chi connectivity index (χ1n) is 10.1. The van der Waals surface area contributed by atoms with Gasteiger partial charge < -0.3 is 24.8 Å². The normalized spacial score (nSPS) is 20.1. The van der Waals surface area contributed by atoms with Crippen molar-refractivity contribution in [3.63, 3.8) is 0 Å². The molecule has 0 aromatic carbocycles. The first kappa shape index (κ1) is 20.6. The van der Waals surface area contributed by atoms with Gasteiger partial charge >= 0.3 is 0 Å². The van der Waals surface area contributed by atoms with E-state index >= 15 is 0 Å². The molecule has 0 radical (unpaired) electrons. The van der Waals surface area contributed by atoms with Crippen molar-refractivity contribution in [2.45, 2.75) is 12.8 Å². The molecule has 0 bridgehead atoms. The Morgan fingerprint density at radius 3 is 2.71 bits per heavy atom. The van der Waals surface area contributed by atoms with Crippen molar-refractivity contribution in [2.24, 2.45) is 18.0 Å².